The number of thioether (sulfide) groups is 1. The number of rotatable bonds is 7. The van der Waals surface area contributed by atoms with Crippen LogP contribution in [0.1, 0.15) is 24.0 Å². The van der Waals surface area contributed by atoms with Gasteiger partial charge in [0.1, 0.15) is 5.82 Å². The smallest absolute Gasteiger partial charge is 0.124 e. The van der Waals surface area contributed by atoms with Crippen molar-refractivity contribution in [2.75, 3.05) is 18.6 Å². The van der Waals surface area contributed by atoms with E-state index in [1.807, 2.05) is 17.8 Å². The van der Waals surface area contributed by atoms with Crippen molar-refractivity contribution in [3.63, 3.8) is 0 Å². The summed E-state index contributed by atoms with van der Waals surface area (Å²) < 4.78 is 13.1. The Labute approximate surface area is 106 Å². The molecule has 0 heterocycles. The van der Waals surface area contributed by atoms with Crippen molar-refractivity contribution >= 4 is 11.8 Å². The fraction of sp³-hybridized carbons (Fsp3) is 0.462. The van der Waals surface area contributed by atoms with E-state index in [1.165, 1.54) is 24.3 Å². The second kappa shape index (κ2) is 8.10. The lowest BCUT2D eigenvalue weighted by Crippen LogP contribution is -2.15. The first-order valence-electron chi connectivity index (χ1n) is 5.65. The van der Waals surface area contributed by atoms with Gasteiger partial charge in [0.25, 0.3) is 0 Å². The highest BCUT2D eigenvalue weighted by Crippen LogP contribution is 2.08. The van der Waals surface area contributed by atoms with Crippen LogP contribution in [0.15, 0.2) is 18.2 Å². The van der Waals surface area contributed by atoms with Crippen LogP contribution in [0.5, 0.6) is 0 Å². The van der Waals surface area contributed by atoms with Gasteiger partial charge < -0.3 is 5.32 Å². The van der Waals surface area contributed by atoms with Gasteiger partial charge in [0, 0.05) is 6.54 Å². The molecule has 0 amide bonds. The van der Waals surface area contributed by atoms with E-state index in [9.17, 15) is 4.39 Å². The van der Waals surface area contributed by atoms with Crippen LogP contribution in [-0.2, 0) is 6.54 Å². The van der Waals surface area contributed by atoms with Crippen LogP contribution < -0.4 is 5.32 Å². The third kappa shape index (κ3) is 5.71. The van der Waals surface area contributed by atoms with Gasteiger partial charge in [-0.25, -0.2) is 4.39 Å². The Morgan fingerprint density at radius 1 is 1.35 bits per heavy atom. The molecule has 1 N–H and O–H groups in total. The maximum Gasteiger partial charge on any atom is 0.124 e. The van der Waals surface area contributed by atoms with Crippen LogP contribution in [0, 0.1) is 17.1 Å². The van der Waals surface area contributed by atoms with E-state index in [2.05, 4.69) is 11.6 Å². The van der Waals surface area contributed by atoms with Gasteiger partial charge >= 0.3 is 0 Å². The Morgan fingerprint density at radius 2 is 2.18 bits per heavy atom. The molecule has 92 valence electrons. The van der Waals surface area contributed by atoms with Crippen molar-refractivity contribution in [3.8, 4) is 6.07 Å². The van der Waals surface area contributed by atoms with Gasteiger partial charge in [-0.05, 0) is 55.2 Å². The average molecular weight is 252 g/mol. The number of hydrogen-bond donors (Lipinski definition) is 1. The molecule has 0 atom stereocenters. The lowest BCUT2D eigenvalue weighted by Gasteiger charge is -2.05. The highest BCUT2D eigenvalue weighted by molar-refractivity contribution is 7.98. The molecule has 0 aliphatic heterocycles. The summed E-state index contributed by atoms with van der Waals surface area (Å²) in [5.41, 5.74) is 1.20. The summed E-state index contributed by atoms with van der Waals surface area (Å²) in [5.74, 6) is 0.837. The van der Waals surface area contributed by atoms with Crippen LogP contribution in [-0.4, -0.2) is 18.6 Å². The van der Waals surface area contributed by atoms with Crippen molar-refractivity contribution in [1.82, 2.24) is 5.32 Å². The van der Waals surface area contributed by atoms with Gasteiger partial charge in [0.15, 0.2) is 0 Å². The van der Waals surface area contributed by atoms with Gasteiger partial charge in [-0.1, -0.05) is 0 Å². The minimum absolute atomic E-state index is 0.344. The molecule has 0 radical (unpaired) electrons. The first kappa shape index (κ1) is 14.0. The summed E-state index contributed by atoms with van der Waals surface area (Å²) in [4.78, 5) is 0. The standard InChI is InChI=1S/C13H17FN2S/c1-17-5-3-2-4-16-10-12-6-11(9-15)7-13(14)8-12/h6-8,16H,2-5,10H2,1H3. The van der Waals surface area contributed by atoms with Crippen molar-refractivity contribution in [2.45, 2.75) is 19.4 Å². The van der Waals surface area contributed by atoms with Crippen molar-refractivity contribution in [2.24, 2.45) is 0 Å². The molecule has 1 aromatic rings. The lowest BCUT2D eigenvalue weighted by atomic mass is 10.1. The van der Waals surface area contributed by atoms with Crippen LogP contribution >= 0.6 is 11.8 Å². The topological polar surface area (TPSA) is 35.8 Å². The number of benzene rings is 1. The van der Waals surface area contributed by atoms with E-state index in [4.69, 9.17) is 5.26 Å². The molecule has 0 spiro atoms. The number of nitrogens with one attached hydrogen (secondary N) is 1. The summed E-state index contributed by atoms with van der Waals surface area (Å²) in [6.45, 7) is 1.55. The third-order valence-electron chi connectivity index (χ3n) is 2.37. The molecular formula is C13H17FN2S. The fourth-order valence-corrected chi connectivity index (χ4v) is 2.04. The van der Waals surface area contributed by atoms with Crippen LogP contribution in [0.4, 0.5) is 4.39 Å². The van der Waals surface area contributed by atoms with Crippen molar-refractivity contribution in [3.05, 3.63) is 35.1 Å². The van der Waals surface area contributed by atoms with E-state index in [0.29, 0.717) is 12.1 Å². The van der Waals surface area contributed by atoms with Gasteiger partial charge in [0.2, 0.25) is 0 Å². The largest absolute Gasteiger partial charge is 0.313 e. The van der Waals surface area contributed by atoms with Crippen LogP contribution in [0.3, 0.4) is 0 Å². The Bertz CT molecular complexity index is 387. The first-order chi connectivity index (χ1) is 8.26. The molecule has 17 heavy (non-hydrogen) atoms. The van der Waals surface area contributed by atoms with Gasteiger partial charge in [-0.3, -0.25) is 0 Å². The Hall–Kier alpha value is -1.05. The highest BCUT2D eigenvalue weighted by Gasteiger charge is 2.00. The summed E-state index contributed by atoms with van der Waals surface area (Å²) in [5, 5.41) is 12.0. The summed E-state index contributed by atoms with van der Waals surface area (Å²) in [6.07, 6.45) is 4.42. The average Bonchev–Trinajstić information content (AvgIpc) is 2.33. The molecule has 0 unspecified atom stereocenters. The quantitative estimate of drug-likeness (QED) is 0.758. The molecule has 0 aliphatic carbocycles. The molecule has 2 nitrogen and oxygen atoms in total. The van der Waals surface area contributed by atoms with E-state index in [0.717, 1.165) is 18.5 Å². The van der Waals surface area contributed by atoms with E-state index in [1.54, 1.807) is 6.07 Å². The molecule has 0 saturated heterocycles. The fourth-order valence-electron chi connectivity index (χ4n) is 1.55. The summed E-state index contributed by atoms with van der Waals surface area (Å²) >= 11 is 1.85. The second-order valence-corrected chi connectivity index (χ2v) is 4.82. The van der Waals surface area contributed by atoms with Crippen LogP contribution in [0.2, 0.25) is 0 Å². The Kier molecular flexibility index (Phi) is 6.68. The zero-order valence-electron chi connectivity index (χ0n) is 10.0. The van der Waals surface area contributed by atoms with Crippen LogP contribution in [0.25, 0.3) is 0 Å². The number of unbranched alkanes of at least 4 members (excludes halogenated alkanes) is 1. The molecule has 0 aromatic heterocycles. The monoisotopic (exact) mass is 252 g/mol. The summed E-state index contributed by atoms with van der Waals surface area (Å²) in [7, 11) is 0. The zero-order valence-corrected chi connectivity index (χ0v) is 10.8. The molecule has 0 aliphatic rings. The third-order valence-corrected chi connectivity index (χ3v) is 3.06. The van der Waals surface area contributed by atoms with Gasteiger partial charge in [0.05, 0.1) is 11.6 Å². The Balaban J connectivity index is 2.32. The maximum atomic E-state index is 13.1. The molecule has 1 aromatic carbocycles. The maximum absolute atomic E-state index is 13.1. The normalized spacial score (nSPS) is 10.2. The molecule has 0 fully saturated rings. The molecule has 0 bridgehead atoms. The van der Waals surface area contributed by atoms with Gasteiger partial charge in [-0.2, -0.15) is 17.0 Å². The number of hydrogen-bond acceptors (Lipinski definition) is 3. The number of nitrogens with zero attached hydrogens (tertiary/aromatic N) is 1. The Morgan fingerprint density at radius 3 is 2.88 bits per heavy atom. The summed E-state index contributed by atoms with van der Waals surface area (Å²) in [6, 6.07) is 6.40. The minimum atomic E-state index is -0.344. The second-order valence-electron chi connectivity index (χ2n) is 3.84. The van der Waals surface area contributed by atoms with E-state index >= 15 is 0 Å². The molecule has 1 rings (SSSR count). The van der Waals surface area contributed by atoms with E-state index < -0.39 is 0 Å². The zero-order chi connectivity index (χ0) is 12.5. The van der Waals surface area contributed by atoms with Crippen molar-refractivity contribution < 1.29 is 4.39 Å². The number of halogens is 1. The SMILES string of the molecule is CSCCCCNCc1cc(F)cc(C#N)c1. The lowest BCUT2D eigenvalue weighted by molar-refractivity contribution is 0.614. The highest BCUT2D eigenvalue weighted by atomic mass is 32.2. The molecular weight excluding hydrogens is 235 g/mol. The first-order valence-corrected chi connectivity index (χ1v) is 7.05. The minimum Gasteiger partial charge on any atom is -0.313 e. The molecule has 4 heteroatoms. The predicted molar refractivity (Wildman–Crippen MR) is 70.4 cm³/mol. The van der Waals surface area contributed by atoms with Gasteiger partial charge in [-0.15, -0.1) is 0 Å². The van der Waals surface area contributed by atoms with E-state index in [-0.39, 0.29) is 5.82 Å². The van der Waals surface area contributed by atoms with Crippen molar-refractivity contribution in [1.29, 1.82) is 5.26 Å². The number of nitriles is 1. The molecule has 0 saturated carbocycles. The predicted octanol–water partition coefficient (Wildman–Crippen LogP) is 2.93.